The molecule has 0 bridgehead atoms. The molecule has 1 amide bonds. The standard InChI is InChI=1S/C33H41N5O5/c1-5-22(3)35-28-19-23(33(40)42-6-2)7-10-26(28)27-11-8-24-21-38(32(39)31(24)36-27)25-9-12-29(30(20-25)41-4)43-18-17-37-15-13-34-14-16-37/h7-12,19-20,22,34-35H,5-6,13-18,21H2,1-4H3. The van der Waals surface area contributed by atoms with E-state index < -0.39 is 0 Å². The van der Waals surface area contributed by atoms with Gasteiger partial charge in [0.15, 0.2) is 11.5 Å². The summed E-state index contributed by atoms with van der Waals surface area (Å²) in [6.45, 7) is 12.1. The van der Waals surface area contributed by atoms with E-state index in [1.54, 1.807) is 31.1 Å². The molecule has 3 aromatic rings. The Hall–Kier alpha value is -4.15. The molecule has 0 aliphatic carbocycles. The number of pyridine rings is 1. The average Bonchev–Trinajstić information content (AvgIpc) is 3.37. The summed E-state index contributed by atoms with van der Waals surface area (Å²) in [6, 6.07) is 15.0. The predicted octanol–water partition coefficient (Wildman–Crippen LogP) is 4.59. The van der Waals surface area contributed by atoms with Gasteiger partial charge >= 0.3 is 5.97 Å². The first-order chi connectivity index (χ1) is 20.9. The van der Waals surface area contributed by atoms with Gasteiger partial charge in [0.25, 0.3) is 5.91 Å². The molecule has 1 unspecified atom stereocenters. The van der Waals surface area contributed by atoms with E-state index in [-0.39, 0.29) is 17.9 Å². The Bertz CT molecular complexity index is 1460. The smallest absolute Gasteiger partial charge is 0.338 e. The van der Waals surface area contributed by atoms with Crippen molar-refractivity contribution in [3.63, 3.8) is 0 Å². The number of fused-ring (bicyclic) bond motifs is 1. The number of piperazine rings is 1. The number of nitrogens with zero attached hydrogens (tertiary/aromatic N) is 3. The van der Waals surface area contributed by atoms with Gasteiger partial charge in [0, 0.05) is 67.3 Å². The van der Waals surface area contributed by atoms with Crippen molar-refractivity contribution in [2.45, 2.75) is 39.8 Å². The number of hydrogen-bond acceptors (Lipinski definition) is 9. The summed E-state index contributed by atoms with van der Waals surface area (Å²) in [5.74, 6) is 0.683. The summed E-state index contributed by atoms with van der Waals surface area (Å²) in [4.78, 5) is 35.0. The van der Waals surface area contributed by atoms with Gasteiger partial charge in [-0.15, -0.1) is 0 Å². The molecule has 2 N–H and O–H groups in total. The minimum atomic E-state index is -0.375. The van der Waals surface area contributed by atoms with Gasteiger partial charge in [0.1, 0.15) is 12.3 Å². The molecule has 2 aromatic carbocycles. The zero-order chi connectivity index (χ0) is 30.3. The SMILES string of the molecule is CCOC(=O)c1ccc(-c2ccc3c(n2)C(=O)N(c2ccc(OCCN4CCNCC4)c(OC)c2)C3)c(NC(C)CC)c1. The Kier molecular flexibility index (Phi) is 9.79. The third kappa shape index (κ3) is 6.92. The summed E-state index contributed by atoms with van der Waals surface area (Å²) in [5.41, 5.74) is 4.68. The van der Waals surface area contributed by atoms with E-state index in [1.165, 1.54) is 0 Å². The lowest BCUT2D eigenvalue weighted by molar-refractivity contribution is 0.0526. The number of carbonyl (C=O) groups is 2. The van der Waals surface area contributed by atoms with E-state index >= 15 is 0 Å². The van der Waals surface area contributed by atoms with E-state index in [4.69, 9.17) is 19.2 Å². The first-order valence-electron chi connectivity index (χ1n) is 15.1. The molecular formula is C33H41N5O5. The summed E-state index contributed by atoms with van der Waals surface area (Å²) in [6.07, 6.45) is 0.900. The fourth-order valence-electron chi connectivity index (χ4n) is 5.29. The molecule has 1 aromatic heterocycles. The molecule has 228 valence electrons. The number of methoxy groups -OCH3 is 1. The van der Waals surface area contributed by atoms with Gasteiger partial charge in [-0.3, -0.25) is 9.69 Å². The Morgan fingerprint density at radius 1 is 1.07 bits per heavy atom. The molecule has 2 aliphatic rings. The largest absolute Gasteiger partial charge is 0.493 e. The highest BCUT2D eigenvalue weighted by Gasteiger charge is 2.31. The molecule has 1 atom stereocenters. The second-order valence-electron chi connectivity index (χ2n) is 10.8. The number of benzene rings is 2. The van der Waals surface area contributed by atoms with Crippen molar-refractivity contribution in [3.05, 3.63) is 65.4 Å². The molecule has 5 rings (SSSR count). The van der Waals surface area contributed by atoms with Crippen LogP contribution in [0.1, 0.15) is 53.6 Å². The highest BCUT2D eigenvalue weighted by atomic mass is 16.5. The number of hydrogen-bond donors (Lipinski definition) is 2. The van der Waals surface area contributed by atoms with E-state index in [0.717, 1.165) is 56.0 Å². The van der Waals surface area contributed by atoms with Gasteiger partial charge in [-0.1, -0.05) is 13.0 Å². The highest BCUT2D eigenvalue weighted by molar-refractivity contribution is 6.09. The van der Waals surface area contributed by atoms with Crippen LogP contribution in [0.15, 0.2) is 48.5 Å². The summed E-state index contributed by atoms with van der Waals surface area (Å²) >= 11 is 0. The van der Waals surface area contributed by atoms with Gasteiger partial charge < -0.3 is 29.7 Å². The van der Waals surface area contributed by atoms with Crippen LogP contribution in [0.4, 0.5) is 11.4 Å². The lowest BCUT2D eigenvalue weighted by atomic mass is 10.0. The van der Waals surface area contributed by atoms with Crippen molar-refractivity contribution in [1.29, 1.82) is 0 Å². The fourth-order valence-corrected chi connectivity index (χ4v) is 5.29. The zero-order valence-corrected chi connectivity index (χ0v) is 25.4. The van der Waals surface area contributed by atoms with E-state index in [1.807, 2.05) is 36.4 Å². The quantitative estimate of drug-likeness (QED) is 0.295. The second kappa shape index (κ2) is 13.9. The lowest BCUT2D eigenvalue weighted by Gasteiger charge is -2.27. The Labute approximate surface area is 253 Å². The molecular weight excluding hydrogens is 546 g/mol. The normalized spacial score (nSPS) is 15.6. The van der Waals surface area contributed by atoms with Crippen LogP contribution >= 0.6 is 0 Å². The van der Waals surface area contributed by atoms with E-state index in [2.05, 4.69) is 29.4 Å². The monoisotopic (exact) mass is 587 g/mol. The summed E-state index contributed by atoms with van der Waals surface area (Å²) < 4.78 is 16.9. The summed E-state index contributed by atoms with van der Waals surface area (Å²) in [7, 11) is 1.61. The third-order valence-corrected chi connectivity index (χ3v) is 7.91. The highest BCUT2D eigenvalue weighted by Crippen LogP contribution is 2.37. The molecule has 2 aliphatic heterocycles. The van der Waals surface area contributed by atoms with Crippen LogP contribution in [0.2, 0.25) is 0 Å². The van der Waals surface area contributed by atoms with Gasteiger partial charge in [0.2, 0.25) is 0 Å². The average molecular weight is 588 g/mol. The van der Waals surface area contributed by atoms with Crippen molar-refractivity contribution in [1.82, 2.24) is 15.2 Å². The number of rotatable bonds is 12. The number of nitrogens with one attached hydrogen (secondary N) is 2. The topological polar surface area (TPSA) is 105 Å². The molecule has 0 radical (unpaired) electrons. The van der Waals surface area contributed by atoms with Crippen LogP contribution in [0, 0.1) is 0 Å². The molecule has 10 nitrogen and oxygen atoms in total. The van der Waals surface area contributed by atoms with Gasteiger partial charge in [0.05, 0.1) is 31.5 Å². The third-order valence-electron chi connectivity index (χ3n) is 7.91. The Morgan fingerprint density at radius 2 is 1.88 bits per heavy atom. The number of amides is 1. The van der Waals surface area contributed by atoms with Crippen LogP contribution in [0.3, 0.4) is 0 Å². The Morgan fingerprint density at radius 3 is 2.63 bits per heavy atom. The predicted molar refractivity (Wildman–Crippen MR) is 167 cm³/mol. The second-order valence-corrected chi connectivity index (χ2v) is 10.8. The number of ether oxygens (including phenoxy) is 3. The van der Waals surface area contributed by atoms with E-state index in [0.29, 0.717) is 53.9 Å². The van der Waals surface area contributed by atoms with Crippen molar-refractivity contribution >= 4 is 23.3 Å². The first kappa shape index (κ1) is 30.3. The molecule has 3 heterocycles. The minimum absolute atomic E-state index is 0.173. The Balaban J connectivity index is 1.35. The van der Waals surface area contributed by atoms with Gasteiger partial charge in [-0.25, -0.2) is 9.78 Å². The van der Waals surface area contributed by atoms with Crippen LogP contribution in [0.25, 0.3) is 11.3 Å². The minimum Gasteiger partial charge on any atom is -0.493 e. The molecule has 10 heteroatoms. The maximum atomic E-state index is 13.6. The molecule has 43 heavy (non-hydrogen) atoms. The maximum Gasteiger partial charge on any atom is 0.338 e. The zero-order valence-electron chi connectivity index (χ0n) is 25.4. The van der Waals surface area contributed by atoms with Crippen molar-refractivity contribution in [2.75, 3.05) is 63.3 Å². The van der Waals surface area contributed by atoms with Crippen LogP contribution in [-0.2, 0) is 11.3 Å². The number of esters is 1. The maximum absolute atomic E-state index is 13.6. The molecule has 1 saturated heterocycles. The van der Waals surface area contributed by atoms with Crippen LogP contribution < -0.4 is 25.0 Å². The van der Waals surface area contributed by atoms with Crippen LogP contribution in [-0.4, -0.2) is 80.8 Å². The molecule has 0 saturated carbocycles. The molecule has 1 fully saturated rings. The number of anilines is 2. The number of carbonyl (C=O) groups excluding carboxylic acids is 2. The van der Waals surface area contributed by atoms with Crippen molar-refractivity contribution < 1.29 is 23.8 Å². The number of aromatic nitrogens is 1. The van der Waals surface area contributed by atoms with E-state index in [9.17, 15) is 9.59 Å². The van der Waals surface area contributed by atoms with Crippen molar-refractivity contribution in [3.8, 4) is 22.8 Å². The van der Waals surface area contributed by atoms with Crippen molar-refractivity contribution in [2.24, 2.45) is 0 Å². The molecule has 0 spiro atoms. The fraction of sp³-hybridized carbons (Fsp3) is 0.424. The first-order valence-corrected chi connectivity index (χ1v) is 15.1. The summed E-state index contributed by atoms with van der Waals surface area (Å²) in [5, 5.41) is 6.85. The van der Waals surface area contributed by atoms with Gasteiger partial charge in [-0.2, -0.15) is 0 Å². The van der Waals surface area contributed by atoms with Crippen LogP contribution in [0.5, 0.6) is 11.5 Å². The van der Waals surface area contributed by atoms with Gasteiger partial charge in [-0.05, 0) is 56.7 Å². The lowest BCUT2D eigenvalue weighted by Crippen LogP contribution is -2.44.